The largest absolute Gasteiger partial charge is 0.491 e. The summed E-state index contributed by atoms with van der Waals surface area (Å²) >= 11 is 8.64. The van der Waals surface area contributed by atoms with Crippen LogP contribution in [0.4, 0.5) is 0 Å². The number of aryl methyl sites for hydroxylation is 1. The smallest absolute Gasteiger partial charge is 0.207 e. The Labute approximate surface area is 196 Å². The summed E-state index contributed by atoms with van der Waals surface area (Å²) in [5, 5.41) is 4.74. The predicted octanol–water partition coefficient (Wildman–Crippen LogP) is 6.06. The number of thiophene rings is 1. The van der Waals surface area contributed by atoms with Crippen molar-refractivity contribution < 1.29 is 9.53 Å². The van der Waals surface area contributed by atoms with E-state index in [1.807, 2.05) is 26.0 Å². The van der Waals surface area contributed by atoms with Crippen LogP contribution in [0.3, 0.4) is 0 Å². The zero-order valence-corrected chi connectivity index (χ0v) is 21.5. The molecule has 1 N–H and O–H groups in total. The predicted molar refractivity (Wildman–Crippen MR) is 131 cm³/mol. The highest BCUT2D eigenvalue weighted by atomic mass is 79.9. The van der Waals surface area contributed by atoms with Crippen LogP contribution in [0.25, 0.3) is 0 Å². The van der Waals surface area contributed by atoms with E-state index < -0.39 is 0 Å². The number of halogens is 2. The maximum Gasteiger partial charge on any atom is 0.207 e. The molecule has 0 radical (unpaired) electrons. The van der Waals surface area contributed by atoms with E-state index in [9.17, 15) is 4.79 Å². The van der Waals surface area contributed by atoms with E-state index in [-0.39, 0.29) is 0 Å². The van der Waals surface area contributed by atoms with Gasteiger partial charge in [-0.3, -0.25) is 9.69 Å². The lowest BCUT2D eigenvalue weighted by molar-refractivity contribution is -0.109. The molecule has 1 fully saturated rings. The number of carbonyl (C=O) groups is 1. The monoisotopic (exact) mass is 546 g/mol. The lowest BCUT2D eigenvalue weighted by Crippen LogP contribution is -2.25. The molecule has 1 amide bonds. The molecule has 4 nitrogen and oxygen atoms in total. The fraction of sp³-hybridized carbons (Fsp3) is 0.500. The molecule has 1 aromatic carbocycles. The van der Waals surface area contributed by atoms with Gasteiger partial charge in [-0.25, -0.2) is 0 Å². The van der Waals surface area contributed by atoms with Gasteiger partial charge in [-0.1, -0.05) is 19.9 Å². The second-order valence-electron chi connectivity index (χ2n) is 6.36. The highest BCUT2D eigenvalue weighted by Gasteiger charge is 2.11. The Hall–Kier alpha value is -0.890. The Morgan fingerprint density at radius 1 is 1.21 bits per heavy atom. The molecule has 3 rings (SSSR count). The number of likely N-dealkylation sites (tertiary alicyclic amines) is 1. The van der Waals surface area contributed by atoms with Crippen molar-refractivity contribution in [2.45, 2.75) is 40.0 Å². The SMILES string of the molecule is CC.Cc1cc(Br)cs1.O=CNCCc1ccc(OCCN2CCCC2)c(Br)c1. The molecule has 2 heterocycles. The summed E-state index contributed by atoms with van der Waals surface area (Å²) < 4.78 is 7.98. The normalized spacial score (nSPS) is 13.0. The fourth-order valence-electron chi connectivity index (χ4n) is 2.79. The third-order valence-electron chi connectivity index (χ3n) is 4.20. The molecule has 1 aliphatic heterocycles. The number of benzene rings is 1. The summed E-state index contributed by atoms with van der Waals surface area (Å²) in [4.78, 5) is 14.0. The first-order valence-electron chi connectivity index (χ1n) is 10.1. The molecular weight excluding hydrogens is 516 g/mol. The van der Waals surface area contributed by atoms with Gasteiger partial charge in [0.2, 0.25) is 6.41 Å². The van der Waals surface area contributed by atoms with Crippen molar-refractivity contribution in [2.75, 3.05) is 32.8 Å². The molecular formula is C22H32Br2N2O2S. The standard InChI is InChI=1S/C15H21BrN2O2.C5H5BrS.C2H6/c16-14-11-13(5-6-17-12-19)3-4-15(14)20-10-9-18-7-1-2-8-18;1-4-2-5(6)3-7-4;1-2/h3-4,11-12H,1-2,5-10H2,(H,17,19);2-3H,1H3;1-2H3. The van der Waals surface area contributed by atoms with E-state index in [1.165, 1.54) is 40.8 Å². The molecule has 0 saturated carbocycles. The zero-order chi connectivity index (χ0) is 21.5. The average Bonchev–Trinajstić information content (AvgIpc) is 3.37. The van der Waals surface area contributed by atoms with Gasteiger partial charge in [0.05, 0.1) is 4.47 Å². The van der Waals surface area contributed by atoms with Crippen molar-refractivity contribution >= 4 is 49.6 Å². The van der Waals surface area contributed by atoms with Crippen molar-refractivity contribution in [3.63, 3.8) is 0 Å². The van der Waals surface area contributed by atoms with Crippen LogP contribution in [0.2, 0.25) is 0 Å². The summed E-state index contributed by atoms with van der Waals surface area (Å²) in [7, 11) is 0. The Morgan fingerprint density at radius 2 is 1.93 bits per heavy atom. The van der Waals surface area contributed by atoms with Gasteiger partial charge in [0.15, 0.2) is 0 Å². The molecule has 0 spiro atoms. The zero-order valence-electron chi connectivity index (χ0n) is 17.5. The van der Waals surface area contributed by atoms with Crippen molar-refractivity contribution in [2.24, 2.45) is 0 Å². The van der Waals surface area contributed by atoms with Crippen LogP contribution in [-0.4, -0.2) is 44.1 Å². The van der Waals surface area contributed by atoms with Crippen molar-refractivity contribution in [3.8, 4) is 5.75 Å². The number of nitrogens with zero attached hydrogens (tertiary/aromatic N) is 1. The van der Waals surface area contributed by atoms with Crippen molar-refractivity contribution in [1.29, 1.82) is 0 Å². The molecule has 0 aliphatic carbocycles. The highest BCUT2D eigenvalue weighted by Crippen LogP contribution is 2.26. The van der Waals surface area contributed by atoms with Crippen molar-refractivity contribution in [1.82, 2.24) is 10.2 Å². The van der Waals surface area contributed by atoms with E-state index in [1.54, 1.807) is 11.3 Å². The van der Waals surface area contributed by atoms with Crippen LogP contribution in [0.1, 0.15) is 37.1 Å². The maximum atomic E-state index is 10.2. The van der Waals surface area contributed by atoms with Gasteiger partial charge >= 0.3 is 0 Å². The topological polar surface area (TPSA) is 41.6 Å². The van der Waals surface area contributed by atoms with Crippen molar-refractivity contribution in [3.05, 3.63) is 49.0 Å². The molecule has 0 unspecified atom stereocenters. The van der Waals surface area contributed by atoms with Crippen LogP contribution < -0.4 is 10.1 Å². The van der Waals surface area contributed by atoms with Gasteiger partial charge in [0, 0.05) is 27.8 Å². The first-order valence-corrected chi connectivity index (χ1v) is 12.6. The first kappa shape index (κ1) is 26.1. The average molecular weight is 548 g/mol. The number of ether oxygens (including phenoxy) is 1. The van der Waals surface area contributed by atoms with Gasteiger partial charge in [-0.2, -0.15) is 0 Å². The molecule has 29 heavy (non-hydrogen) atoms. The van der Waals surface area contributed by atoms with Crippen LogP contribution in [0.15, 0.2) is 38.6 Å². The summed E-state index contributed by atoms with van der Waals surface area (Å²) in [6.07, 6.45) is 4.18. The number of amides is 1. The summed E-state index contributed by atoms with van der Waals surface area (Å²) in [5.74, 6) is 0.885. The number of nitrogens with one attached hydrogen (secondary N) is 1. The number of carbonyl (C=O) groups excluding carboxylic acids is 1. The molecule has 0 atom stereocenters. The van der Waals surface area contributed by atoms with Crippen LogP contribution >= 0.6 is 43.2 Å². The number of hydrogen-bond acceptors (Lipinski definition) is 4. The maximum absolute atomic E-state index is 10.2. The van der Waals surface area contributed by atoms with E-state index >= 15 is 0 Å². The van der Waals surface area contributed by atoms with E-state index in [0.717, 1.165) is 36.2 Å². The quantitative estimate of drug-likeness (QED) is 0.322. The fourth-order valence-corrected chi connectivity index (χ4v) is 4.67. The Kier molecular flexibility index (Phi) is 14.3. The summed E-state index contributed by atoms with van der Waals surface area (Å²) in [5.41, 5.74) is 1.18. The number of rotatable bonds is 8. The van der Waals surface area contributed by atoms with Gasteiger partial charge in [-0.15, -0.1) is 11.3 Å². The highest BCUT2D eigenvalue weighted by molar-refractivity contribution is 9.10. The van der Waals surface area contributed by atoms with E-state index in [4.69, 9.17) is 4.74 Å². The molecule has 162 valence electrons. The van der Waals surface area contributed by atoms with E-state index in [0.29, 0.717) is 6.54 Å². The minimum absolute atomic E-state index is 0.658. The molecule has 1 aromatic heterocycles. The molecule has 0 bridgehead atoms. The summed E-state index contributed by atoms with van der Waals surface area (Å²) in [6.45, 7) is 10.9. The Bertz CT molecular complexity index is 687. The molecule has 7 heteroatoms. The first-order chi connectivity index (χ1) is 14.1. The lowest BCUT2D eigenvalue weighted by atomic mass is 10.1. The third-order valence-corrected chi connectivity index (χ3v) is 6.44. The molecule has 1 saturated heterocycles. The third kappa shape index (κ3) is 11.2. The Balaban J connectivity index is 0.000000390. The van der Waals surface area contributed by atoms with Crippen LogP contribution in [0.5, 0.6) is 5.75 Å². The number of hydrogen-bond donors (Lipinski definition) is 1. The van der Waals surface area contributed by atoms with Crippen LogP contribution in [0, 0.1) is 6.92 Å². The van der Waals surface area contributed by atoms with Gasteiger partial charge in [0.25, 0.3) is 0 Å². The second kappa shape index (κ2) is 15.9. The van der Waals surface area contributed by atoms with Gasteiger partial charge in [0.1, 0.15) is 12.4 Å². The minimum atomic E-state index is 0.658. The minimum Gasteiger partial charge on any atom is -0.491 e. The summed E-state index contributed by atoms with van der Waals surface area (Å²) in [6, 6.07) is 8.19. The lowest BCUT2D eigenvalue weighted by Gasteiger charge is -2.15. The molecule has 1 aliphatic rings. The van der Waals surface area contributed by atoms with Crippen LogP contribution in [-0.2, 0) is 11.2 Å². The molecule has 2 aromatic rings. The Morgan fingerprint density at radius 3 is 2.45 bits per heavy atom. The van der Waals surface area contributed by atoms with E-state index in [2.05, 4.69) is 66.5 Å². The van der Waals surface area contributed by atoms with Gasteiger partial charge in [-0.05, 0) is 94.9 Å². The van der Waals surface area contributed by atoms with Gasteiger partial charge < -0.3 is 10.1 Å². The second-order valence-corrected chi connectivity index (χ2v) is 9.24.